The van der Waals surface area contributed by atoms with Crippen LogP contribution in [0.1, 0.15) is 29.8 Å². The fourth-order valence-corrected chi connectivity index (χ4v) is 4.48. The fourth-order valence-electron chi connectivity index (χ4n) is 3.66. The molecule has 164 valence electrons. The summed E-state index contributed by atoms with van der Waals surface area (Å²) >= 11 is 1.42. The van der Waals surface area contributed by atoms with E-state index in [1.165, 1.54) is 23.3 Å². The number of carbonyl (C=O) groups excluding carboxylic acids is 2. The van der Waals surface area contributed by atoms with Crippen LogP contribution in [-0.4, -0.2) is 30.5 Å². The number of ketones is 1. The van der Waals surface area contributed by atoms with Gasteiger partial charge in [0.05, 0.1) is 19.3 Å². The number of hydrogen-bond donors (Lipinski definition) is 1. The Morgan fingerprint density at radius 3 is 2.50 bits per heavy atom. The van der Waals surface area contributed by atoms with Crippen molar-refractivity contribution in [3.63, 3.8) is 0 Å². The van der Waals surface area contributed by atoms with Crippen molar-refractivity contribution in [3.05, 3.63) is 82.1 Å². The summed E-state index contributed by atoms with van der Waals surface area (Å²) in [5, 5.41) is 13.0. The Balaban J connectivity index is 1.81. The van der Waals surface area contributed by atoms with Gasteiger partial charge >= 0.3 is 0 Å². The van der Waals surface area contributed by atoms with E-state index in [1.807, 2.05) is 24.4 Å². The van der Waals surface area contributed by atoms with Crippen LogP contribution in [-0.2, 0) is 9.59 Å². The van der Waals surface area contributed by atoms with Crippen LogP contribution in [0.15, 0.2) is 71.6 Å². The second-order valence-corrected chi connectivity index (χ2v) is 8.24. The zero-order valence-corrected chi connectivity index (χ0v) is 18.6. The molecule has 0 aliphatic carbocycles. The van der Waals surface area contributed by atoms with E-state index >= 15 is 0 Å². The molecular weight excluding hydrogens is 426 g/mol. The number of Topliss-reactive ketones (excluding diaryl/α,β-unsaturated/α-hetero) is 1. The lowest BCUT2D eigenvalue weighted by Crippen LogP contribution is -2.29. The SMILES string of the molecule is CCCOc1ccc(/C(O)=C2/C(=O)C(=O)N(c3cccc(OC)c3)C2c2cccs2)cc1. The van der Waals surface area contributed by atoms with Gasteiger partial charge in [0.1, 0.15) is 23.3 Å². The molecule has 2 aromatic carbocycles. The van der Waals surface area contributed by atoms with Crippen LogP contribution in [0.4, 0.5) is 5.69 Å². The standard InChI is InChI=1S/C25H23NO5S/c1-3-13-31-18-11-9-16(10-12-18)23(27)21-22(20-8-5-14-32-20)26(25(29)24(21)28)17-6-4-7-19(15-17)30-2/h4-12,14-15,22,27H,3,13H2,1-2H3/b23-21-. The molecule has 1 aliphatic heterocycles. The Kier molecular flexibility index (Phi) is 6.28. The van der Waals surface area contributed by atoms with Gasteiger partial charge in [-0.2, -0.15) is 0 Å². The van der Waals surface area contributed by atoms with E-state index in [-0.39, 0.29) is 11.3 Å². The molecule has 3 aromatic rings. The van der Waals surface area contributed by atoms with E-state index in [0.29, 0.717) is 29.4 Å². The van der Waals surface area contributed by atoms with Crippen molar-refractivity contribution >= 4 is 34.5 Å². The summed E-state index contributed by atoms with van der Waals surface area (Å²) < 4.78 is 10.9. The molecule has 0 spiro atoms. The average Bonchev–Trinajstić information content (AvgIpc) is 3.44. The van der Waals surface area contributed by atoms with Crippen LogP contribution in [0.5, 0.6) is 11.5 Å². The van der Waals surface area contributed by atoms with Crippen molar-refractivity contribution < 1.29 is 24.2 Å². The number of ether oxygens (including phenoxy) is 2. The molecule has 1 N–H and O–H groups in total. The smallest absolute Gasteiger partial charge is 0.300 e. The molecule has 1 saturated heterocycles. The molecule has 1 amide bonds. The number of rotatable bonds is 7. The van der Waals surface area contributed by atoms with Gasteiger partial charge in [-0.25, -0.2) is 0 Å². The number of nitrogens with zero attached hydrogens (tertiary/aromatic N) is 1. The Morgan fingerprint density at radius 1 is 1.06 bits per heavy atom. The van der Waals surface area contributed by atoms with Crippen molar-refractivity contribution in [2.24, 2.45) is 0 Å². The van der Waals surface area contributed by atoms with E-state index in [4.69, 9.17) is 9.47 Å². The quantitative estimate of drug-likeness (QED) is 0.306. The van der Waals surface area contributed by atoms with Gasteiger partial charge < -0.3 is 14.6 Å². The first-order valence-electron chi connectivity index (χ1n) is 10.3. The number of aliphatic hydroxyl groups is 1. The number of anilines is 1. The molecular formula is C25H23NO5S. The second-order valence-electron chi connectivity index (χ2n) is 7.26. The number of thiophene rings is 1. The van der Waals surface area contributed by atoms with Crippen LogP contribution in [0.2, 0.25) is 0 Å². The van der Waals surface area contributed by atoms with Crippen molar-refractivity contribution in [2.45, 2.75) is 19.4 Å². The number of amides is 1. The average molecular weight is 450 g/mol. The normalized spacial score (nSPS) is 17.6. The highest BCUT2D eigenvalue weighted by Crippen LogP contribution is 2.44. The molecule has 0 radical (unpaired) electrons. The maximum absolute atomic E-state index is 13.1. The maximum Gasteiger partial charge on any atom is 0.300 e. The lowest BCUT2D eigenvalue weighted by Gasteiger charge is -2.24. The van der Waals surface area contributed by atoms with E-state index < -0.39 is 17.7 Å². The van der Waals surface area contributed by atoms with Crippen molar-refractivity contribution in [3.8, 4) is 11.5 Å². The lowest BCUT2D eigenvalue weighted by molar-refractivity contribution is -0.132. The highest BCUT2D eigenvalue weighted by Gasteiger charge is 2.47. The topological polar surface area (TPSA) is 76.1 Å². The van der Waals surface area contributed by atoms with E-state index in [1.54, 1.807) is 48.5 Å². The molecule has 1 unspecified atom stereocenters. The van der Waals surface area contributed by atoms with Crippen LogP contribution in [0.25, 0.3) is 5.76 Å². The number of carbonyl (C=O) groups is 2. The number of benzene rings is 2. The van der Waals surface area contributed by atoms with E-state index in [0.717, 1.165) is 11.3 Å². The zero-order chi connectivity index (χ0) is 22.7. The summed E-state index contributed by atoms with van der Waals surface area (Å²) in [7, 11) is 1.54. The predicted molar refractivity (Wildman–Crippen MR) is 124 cm³/mol. The van der Waals surface area contributed by atoms with Gasteiger partial charge in [-0.1, -0.05) is 19.1 Å². The second kappa shape index (κ2) is 9.28. The predicted octanol–water partition coefficient (Wildman–Crippen LogP) is 5.17. The molecule has 0 saturated carbocycles. The van der Waals surface area contributed by atoms with Crippen LogP contribution in [0, 0.1) is 0 Å². The molecule has 1 aromatic heterocycles. The Hall–Kier alpha value is -3.58. The molecule has 32 heavy (non-hydrogen) atoms. The van der Waals surface area contributed by atoms with Crippen LogP contribution in [0.3, 0.4) is 0 Å². The highest BCUT2D eigenvalue weighted by molar-refractivity contribution is 7.10. The van der Waals surface area contributed by atoms with Crippen LogP contribution < -0.4 is 14.4 Å². The Morgan fingerprint density at radius 2 is 1.84 bits per heavy atom. The van der Waals surface area contributed by atoms with Crippen LogP contribution >= 0.6 is 11.3 Å². The van der Waals surface area contributed by atoms with Gasteiger partial charge in [-0.05, 0) is 54.3 Å². The summed E-state index contributed by atoms with van der Waals surface area (Å²) in [6.45, 7) is 2.61. The minimum absolute atomic E-state index is 0.0579. The highest BCUT2D eigenvalue weighted by atomic mass is 32.1. The Bertz CT molecular complexity index is 1150. The number of aliphatic hydroxyl groups excluding tert-OH is 1. The summed E-state index contributed by atoms with van der Waals surface area (Å²) in [5.74, 6) is -0.391. The van der Waals surface area contributed by atoms with Crippen molar-refractivity contribution in [2.75, 3.05) is 18.6 Å². The summed E-state index contributed by atoms with van der Waals surface area (Å²) in [5.41, 5.74) is 1.02. The molecule has 4 rings (SSSR count). The minimum atomic E-state index is -0.738. The molecule has 7 heteroatoms. The molecule has 0 bridgehead atoms. The van der Waals surface area contributed by atoms with Gasteiger partial charge in [0.15, 0.2) is 0 Å². The molecule has 1 atom stereocenters. The number of methoxy groups -OCH3 is 1. The summed E-state index contributed by atoms with van der Waals surface area (Å²) in [4.78, 5) is 28.4. The zero-order valence-electron chi connectivity index (χ0n) is 17.8. The summed E-state index contributed by atoms with van der Waals surface area (Å²) in [6, 6.07) is 16.8. The van der Waals surface area contributed by atoms with Crippen molar-refractivity contribution in [1.82, 2.24) is 0 Å². The maximum atomic E-state index is 13.1. The molecule has 1 fully saturated rings. The van der Waals surface area contributed by atoms with Gasteiger partial charge in [0.25, 0.3) is 11.7 Å². The number of hydrogen-bond acceptors (Lipinski definition) is 6. The third-order valence-electron chi connectivity index (χ3n) is 5.19. The van der Waals surface area contributed by atoms with Gasteiger partial charge in [0, 0.05) is 22.2 Å². The van der Waals surface area contributed by atoms with Gasteiger partial charge in [-0.3, -0.25) is 14.5 Å². The molecule has 6 nitrogen and oxygen atoms in total. The van der Waals surface area contributed by atoms with Gasteiger partial charge in [0.2, 0.25) is 0 Å². The first kappa shape index (κ1) is 21.6. The third-order valence-corrected chi connectivity index (χ3v) is 6.11. The third kappa shape index (κ3) is 3.99. The Labute approximate surface area is 190 Å². The first-order chi connectivity index (χ1) is 15.5. The lowest BCUT2D eigenvalue weighted by atomic mass is 9.99. The van der Waals surface area contributed by atoms with Gasteiger partial charge in [-0.15, -0.1) is 11.3 Å². The largest absolute Gasteiger partial charge is 0.507 e. The monoisotopic (exact) mass is 449 g/mol. The summed E-state index contributed by atoms with van der Waals surface area (Å²) in [6.07, 6.45) is 0.885. The van der Waals surface area contributed by atoms with E-state index in [2.05, 4.69) is 0 Å². The fraction of sp³-hybridized carbons (Fsp3) is 0.200. The molecule has 2 heterocycles. The van der Waals surface area contributed by atoms with Crippen molar-refractivity contribution in [1.29, 1.82) is 0 Å². The molecule has 1 aliphatic rings. The van der Waals surface area contributed by atoms with E-state index in [9.17, 15) is 14.7 Å². The minimum Gasteiger partial charge on any atom is -0.507 e. The first-order valence-corrected chi connectivity index (χ1v) is 11.1.